The molecule has 0 N–H and O–H groups in total. The molecule has 2 rings (SSSR count). The van der Waals surface area contributed by atoms with Crippen molar-refractivity contribution in [1.82, 2.24) is 15.0 Å². The molecule has 0 saturated carbocycles. The van der Waals surface area contributed by atoms with Crippen molar-refractivity contribution in [3.05, 3.63) is 5.28 Å². The molecule has 0 spiro atoms. The number of ether oxygens (including phenoxy) is 1. The van der Waals surface area contributed by atoms with Crippen LogP contribution in [0.1, 0.15) is 39.5 Å². The summed E-state index contributed by atoms with van der Waals surface area (Å²) in [5.74, 6) is 0.632. The van der Waals surface area contributed by atoms with Crippen LogP contribution in [0.2, 0.25) is 5.28 Å². The summed E-state index contributed by atoms with van der Waals surface area (Å²) >= 11 is 5.93. The molecule has 1 atom stereocenters. The maximum Gasteiger partial charge on any atom is 0.322 e. The highest BCUT2D eigenvalue weighted by Crippen LogP contribution is 2.19. The Kier molecular flexibility index (Phi) is 4.58. The molecule has 0 bridgehead atoms. The average molecular weight is 271 g/mol. The Labute approximate surface area is 113 Å². The van der Waals surface area contributed by atoms with Crippen LogP contribution in [0.4, 0.5) is 5.95 Å². The molecule has 0 amide bonds. The van der Waals surface area contributed by atoms with Gasteiger partial charge in [-0.15, -0.1) is 0 Å². The summed E-state index contributed by atoms with van der Waals surface area (Å²) in [4.78, 5) is 14.7. The molecular weight excluding hydrogens is 252 g/mol. The zero-order valence-electron chi connectivity index (χ0n) is 10.9. The van der Waals surface area contributed by atoms with E-state index in [0.717, 1.165) is 19.5 Å². The Morgan fingerprint density at radius 2 is 1.94 bits per heavy atom. The van der Waals surface area contributed by atoms with Crippen LogP contribution in [0.5, 0.6) is 6.01 Å². The molecule has 2 heterocycles. The second-order valence-corrected chi connectivity index (χ2v) is 4.91. The zero-order chi connectivity index (χ0) is 13.0. The van der Waals surface area contributed by atoms with E-state index in [1.165, 1.54) is 19.3 Å². The topological polar surface area (TPSA) is 51.1 Å². The van der Waals surface area contributed by atoms with Crippen molar-refractivity contribution in [3.63, 3.8) is 0 Å². The second kappa shape index (κ2) is 6.18. The van der Waals surface area contributed by atoms with Gasteiger partial charge in [-0.3, -0.25) is 0 Å². The molecule has 0 radical (unpaired) electrons. The fourth-order valence-corrected chi connectivity index (χ4v) is 2.02. The molecule has 6 heteroatoms. The molecule has 1 unspecified atom stereocenters. The molecule has 1 saturated heterocycles. The van der Waals surface area contributed by atoms with Crippen LogP contribution in [-0.2, 0) is 0 Å². The number of nitrogens with zero attached hydrogens (tertiary/aromatic N) is 4. The minimum atomic E-state index is 0.0812. The maximum absolute atomic E-state index is 5.93. The molecule has 5 nitrogen and oxygen atoms in total. The van der Waals surface area contributed by atoms with Crippen molar-refractivity contribution in [2.24, 2.45) is 0 Å². The monoisotopic (exact) mass is 270 g/mol. The summed E-state index contributed by atoms with van der Waals surface area (Å²) in [5.41, 5.74) is 0. The van der Waals surface area contributed by atoms with Gasteiger partial charge in [0, 0.05) is 13.1 Å². The summed E-state index contributed by atoms with van der Waals surface area (Å²) in [5, 5.41) is 0.198. The van der Waals surface area contributed by atoms with E-state index in [1.807, 2.05) is 6.92 Å². The van der Waals surface area contributed by atoms with Gasteiger partial charge in [-0.2, -0.15) is 15.0 Å². The zero-order valence-corrected chi connectivity index (χ0v) is 11.7. The van der Waals surface area contributed by atoms with Gasteiger partial charge in [-0.25, -0.2) is 0 Å². The average Bonchev–Trinajstić information content (AvgIpc) is 2.39. The molecule has 1 aliphatic heterocycles. The van der Waals surface area contributed by atoms with Crippen molar-refractivity contribution in [1.29, 1.82) is 0 Å². The third-order valence-corrected chi connectivity index (χ3v) is 3.27. The molecule has 100 valence electrons. The molecule has 1 fully saturated rings. The lowest BCUT2D eigenvalue weighted by Gasteiger charge is -2.26. The summed E-state index contributed by atoms with van der Waals surface area (Å²) in [6, 6.07) is 0.324. The van der Waals surface area contributed by atoms with E-state index >= 15 is 0 Å². The lowest BCUT2D eigenvalue weighted by molar-refractivity contribution is 0.198. The first-order valence-corrected chi connectivity index (χ1v) is 6.90. The van der Waals surface area contributed by atoms with E-state index in [4.69, 9.17) is 16.3 Å². The Morgan fingerprint density at radius 3 is 2.61 bits per heavy atom. The van der Waals surface area contributed by atoms with E-state index in [2.05, 4.69) is 26.8 Å². The predicted octanol–water partition coefficient (Wildman–Crippen LogP) is 2.69. The van der Waals surface area contributed by atoms with Gasteiger partial charge >= 0.3 is 6.01 Å². The van der Waals surface area contributed by atoms with Gasteiger partial charge in [0.2, 0.25) is 11.2 Å². The minimum absolute atomic E-state index is 0.0812. The summed E-state index contributed by atoms with van der Waals surface area (Å²) < 4.78 is 5.60. The number of rotatable bonds is 4. The lowest BCUT2D eigenvalue weighted by atomic mass is 10.1. The van der Waals surface area contributed by atoms with E-state index < -0.39 is 0 Å². The standard InChI is InChI=1S/C12H19ClN4O/c1-3-9(2)18-12-15-10(13)14-11(16-12)17-7-5-4-6-8-17/h9H,3-8H2,1-2H3. The first-order valence-electron chi connectivity index (χ1n) is 6.52. The van der Waals surface area contributed by atoms with Crippen LogP contribution in [0.3, 0.4) is 0 Å². The summed E-state index contributed by atoms with van der Waals surface area (Å²) in [6.07, 6.45) is 4.60. The largest absolute Gasteiger partial charge is 0.460 e. The van der Waals surface area contributed by atoms with Crippen LogP contribution in [0, 0.1) is 0 Å². The van der Waals surface area contributed by atoms with Crippen molar-refractivity contribution in [2.45, 2.75) is 45.6 Å². The number of anilines is 1. The van der Waals surface area contributed by atoms with Gasteiger partial charge in [-0.05, 0) is 44.2 Å². The highest BCUT2D eigenvalue weighted by Gasteiger charge is 2.16. The molecule has 1 aliphatic rings. The molecule has 18 heavy (non-hydrogen) atoms. The number of piperidine rings is 1. The van der Waals surface area contributed by atoms with Gasteiger partial charge < -0.3 is 9.64 Å². The third kappa shape index (κ3) is 3.45. The smallest absolute Gasteiger partial charge is 0.322 e. The van der Waals surface area contributed by atoms with E-state index in [1.54, 1.807) is 0 Å². The molecule has 1 aromatic rings. The van der Waals surface area contributed by atoms with Crippen molar-refractivity contribution in [3.8, 4) is 6.01 Å². The normalized spacial score (nSPS) is 17.6. The Balaban J connectivity index is 2.14. The van der Waals surface area contributed by atoms with Crippen molar-refractivity contribution >= 4 is 17.5 Å². The van der Waals surface area contributed by atoms with Crippen LogP contribution in [0.15, 0.2) is 0 Å². The van der Waals surface area contributed by atoms with Crippen LogP contribution >= 0.6 is 11.6 Å². The summed E-state index contributed by atoms with van der Waals surface area (Å²) in [7, 11) is 0. The van der Waals surface area contributed by atoms with Gasteiger partial charge in [0.05, 0.1) is 6.10 Å². The Morgan fingerprint density at radius 1 is 1.22 bits per heavy atom. The Hall–Kier alpha value is -1.10. The molecule has 0 aliphatic carbocycles. The fraction of sp³-hybridized carbons (Fsp3) is 0.750. The van der Waals surface area contributed by atoms with Crippen molar-refractivity contribution < 1.29 is 4.74 Å². The van der Waals surface area contributed by atoms with E-state index in [-0.39, 0.29) is 11.4 Å². The maximum atomic E-state index is 5.93. The second-order valence-electron chi connectivity index (χ2n) is 4.57. The fourth-order valence-electron chi connectivity index (χ4n) is 1.87. The van der Waals surface area contributed by atoms with Gasteiger partial charge in [-0.1, -0.05) is 6.92 Å². The molecular formula is C12H19ClN4O. The first-order chi connectivity index (χ1) is 8.69. The predicted molar refractivity (Wildman–Crippen MR) is 71.3 cm³/mol. The lowest BCUT2D eigenvalue weighted by Crippen LogP contribution is -2.31. The number of hydrogen-bond donors (Lipinski definition) is 0. The van der Waals surface area contributed by atoms with Gasteiger partial charge in [0.15, 0.2) is 0 Å². The number of hydrogen-bond acceptors (Lipinski definition) is 5. The highest BCUT2D eigenvalue weighted by molar-refractivity contribution is 6.28. The number of aromatic nitrogens is 3. The van der Waals surface area contributed by atoms with Gasteiger partial charge in [0.25, 0.3) is 0 Å². The van der Waals surface area contributed by atoms with Crippen molar-refractivity contribution in [2.75, 3.05) is 18.0 Å². The highest BCUT2D eigenvalue weighted by atomic mass is 35.5. The van der Waals surface area contributed by atoms with Crippen LogP contribution < -0.4 is 9.64 Å². The quantitative estimate of drug-likeness (QED) is 0.842. The summed E-state index contributed by atoms with van der Waals surface area (Å²) in [6.45, 7) is 5.99. The minimum Gasteiger partial charge on any atom is -0.460 e. The van der Waals surface area contributed by atoms with E-state index in [0.29, 0.717) is 12.0 Å². The Bertz CT molecular complexity index is 396. The van der Waals surface area contributed by atoms with Crippen LogP contribution in [-0.4, -0.2) is 34.1 Å². The third-order valence-electron chi connectivity index (χ3n) is 3.10. The first kappa shape index (κ1) is 13.3. The van der Waals surface area contributed by atoms with Gasteiger partial charge in [0.1, 0.15) is 0 Å². The molecule has 1 aromatic heterocycles. The number of halogens is 1. The molecule has 0 aromatic carbocycles. The SMILES string of the molecule is CCC(C)Oc1nc(Cl)nc(N2CCCCC2)n1. The van der Waals surface area contributed by atoms with E-state index in [9.17, 15) is 0 Å². The van der Waals surface area contributed by atoms with Crippen LogP contribution in [0.25, 0.3) is 0 Å².